The topological polar surface area (TPSA) is 94.2 Å². The lowest BCUT2D eigenvalue weighted by Gasteiger charge is -2.04. The van der Waals surface area contributed by atoms with E-state index in [0.29, 0.717) is 24.6 Å². The number of carbonyl (C=O) groups is 3. The van der Waals surface area contributed by atoms with Crippen molar-refractivity contribution >= 4 is 29.4 Å². The number of rotatable bonds is 9. The van der Waals surface area contributed by atoms with Gasteiger partial charge in [-0.15, -0.1) is 0 Å². The Balaban J connectivity index is 1.62. The molecule has 8 heteroatoms. The highest BCUT2D eigenvalue weighted by Crippen LogP contribution is 2.24. The molecule has 0 spiro atoms. The largest absolute Gasteiger partial charge is 0.466 e. The zero-order valence-corrected chi connectivity index (χ0v) is 14.6. The van der Waals surface area contributed by atoms with E-state index >= 15 is 0 Å². The van der Waals surface area contributed by atoms with E-state index in [-0.39, 0.29) is 19.0 Å². The first-order chi connectivity index (χ1) is 12.0. The molecule has 1 fully saturated rings. The molecule has 0 bridgehead atoms. The van der Waals surface area contributed by atoms with Crippen LogP contribution in [0.25, 0.3) is 0 Å². The van der Waals surface area contributed by atoms with Gasteiger partial charge in [-0.25, -0.2) is 4.79 Å². The molecule has 1 aromatic carbocycles. The highest BCUT2D eigenvalue weighted by Gasteiger charge is 2.51. The molecule has 0 aromatic heterocycles. The summed E-state index contributed by atoms with van der Waals surface area (Å²) in [5, 5.41) is 3.21. The fraction of sp³-hybridized carbons (Fsp3) is 0.471. The van der Waals surface area contributed by atoms with Gasteiger partial charge in [0.25, 0.3) is 5.91 Å². The molecular weight excluding hydrogens is 350 g/mol. The average Bonchev–Trinajstić information content (AvgIpc) is 3.39. The number of hydrogen-bond donors (Lipinski definition) is 1. The van der Waals surface area contributed by atoms with E-state index in [0.717, 1.165) is 5.56 Å². The molecule has 1 saturated heterocycles. The van der Waals surface area contributed by atoms with E-state index in [1.54, 1.807) is 31.2 Å². The van der Waals surface area contributed by atoms with Crippen molar-refractivity contribution in [2.24, 2.45) is 0 Å². The Labute approximate surface area is 150 Å². The molecule has 1 heterocycles. The average molecular weight is 370 g/mol. The highest BCUT2D eigenvalue weighted by molar-refractivity contribution is 6.30. The van der Waals surface area contributed by atoms with E-state index in [1.807, 2.05) is 0 Å². The van der Waals surface area contributed by atoms with Crippen LogP contribution in [0, 0.1) is 0 Å². The van der Waals surface area contributed by atoms with Crippen LogP contribution in [-0.2, 0) is 35.2 Å². The van der Waals surface area contributed by atoms with Crippen molar-refractivity contribution < 1.29 is 28.6 Å². The van der Waals surface area contributed by atoms with Gasteiger partial charge in [-0.2, -0.15) is 0 Å². The molecule has 2 atom stereocenters. The second-order valence-electron chi connectivity index (χ2n) is 5.41. The van der Waals surface area contributed by atoms with Gasteiger partial charge < -0.3 is 19.5 Å². The second kappa shape index (κ2) is 9.39. The van der Waals surface area contributed by atoms with Crippen molar-refractivity contribution in [3.05, 3.63) is 34.9 Å². The van der Waals surface area contributed by atoms with Gasteiger partial charge in [0.2, 0.25) is 0 Å². The van der Waals surface area contributed by atoms with E-state index in [4.69, 9.17) is 25.8 Å². The molecule has 25 heavy (non-hydrogen) atoms. The van der Waals surface area contributed by atoms with Gasteiger partial charge in [-0.05, 0) is 31.0 Å². The van der Waals surface area contributed by atoms with Crippen molar-refractivity contribution in [1.29, 1.82) is 0 Å². The first kappa shape index (κ1) is 19.2. The molecule has 0 radical (unpaired) electrons. The Hall–Kier alpha value is -2.12. The van der Waals surface area contributed by atoms with Gasteiger partial charge in [0.05, 0.1) is 6.61 Å². The lowest BCUT2D eigenvalue weighted by atomic mass is 10.2. The number of amides is 1. The lowest BCUT2D eigenvalue weighted by molar-refractivity contribution is -0.146. The Bertz CT molecular complexity index is 618. The van der Waals surface area contributed by atoms with Crippen LogP contribution in [0.1, 0.15) is 25.3 Å². The summed E-state index contributed by atoms with van der Waals surface area (Å²) in [6.45, 7) is 2.46. The number of epoxide rings is 1. The Morgan fingerprint density at radius 2 is 1.88 bits per heavy atom. The van der Waals surface area contributed by atoms with Crippen LogP contribution in [0.3, 0.4) is 0 Å². The molecular formula is C17H20ClNO6. The van der Waals surface area contributed by atoms with Gasteiger partial charge in [0.1, 0.15) is 6.61 Å². The molecule has 1 aliphatic rings. The van der Waals surface area contributed by atoms with Crippen LogP contribution in [-0.4, -0.2) is 43.2 Å². The molecule has 0 saturated carbocycles. The van der Waals surface area contributed by atoms with Crippen LogP contribution in [0.15, 0.2) is 24.3 Å². The Kier molecular flexibility index (Phi) is 7.21. The number of benzene rings is 1. The molecule has 1 aliphatic heterocycles. The normalized spacial score (nSPS) is 18.3. The predicted octanol–water partition coefficient (Wildman–Crippen LogP) is 1.61. The molecule has 1 N–H and O–H groups in total. The maximum Gasteiger partial charge on any atom is 0.338 e. The molecule has 136 valence electrons. The van der Waals surface area contributed by atoms with E-state index < -0.39 is 24.1 Å². The van der Waals surface area contributed by atoms with Gasteiger partial charge in [0, 0.05) is 18.0 Å². The summed E-state index contributed by atoms with van der Waals surface area (Å²) >= 11 is 5.78. The van der Waals surface area contributed by atoms with Gasteiger partial charge in [-0.1, -0.05) is 23.7 Å². The summed E-state index contributed by atoms with van der Waals surface area (Å²) in [6, 6.07) is 6.89. The standard InChI is InChI=1S/C17H20ClNO6/c1-2-23-13(20)4-3-9-19-16(21)14-15(25-14)17(22)24-10-11-5-7-12(18)8-6-11/h5-8,14-15H,2-4,9-10H2,1H3,(H,19,21). The third kappa shape index (κ3) is 6.36. The number of hydrogen-bond acceptors (Lipinski definition) is 6. The summed E-state index contributed by atoms with van der Waals surface area (Å²) < 4.78 is 15.0. The number of nitrogens with one attached hydrogen (secondary N) is 1. The van der Waals surface area contributed by atoms with Crippen LogP contribution < -0.4 is 5.32 Å². The number of esters is 2. The van der Waals surface area contributed by atoms with Crippen molar-refractivity contribution in [3.63, 3.8) is 0 Å². The smallest absolute Gasteiger partial charge is 0.338 e. The predicted molar refractivity (Wildman–Crippen MR) is 88.8 cm³/mol. The minimum atomic E-state index is -0.877. The fourth-order valence-electron chi connectivity index (χ4n) is 2.09. The molecule has 1 aromatic rings. The van der Waals surface area contributed by atoms with Crippen LogP contribution in [0.2, 0.25) is 5.02 Å². The number of halogens is 1. The lowest BCUT2D eigenvalue weighted by Crippen LogP contribution is -2.31. The van der Waals surface area contributed by atoms with Crippen LogP contribution in [0.5, 0.6) is 0 Å². The van der Waals surface area contributed by atoms with Crippen molar-refractivity contribution in [2.75, 3.05) is 13.2 Å². The Morgan fingerprint density at radius 3 is 2.56 bits per heavy atom. The summed E-state index contributed by atoms with van der Waals surface area (Å²) in [7, 11) is 0. The minimum Gasteiger partial charge on any atom is -0.466 e. The fourth-order valence-corrected chi connectivity index (χ4v) is 2.21. The van der Waals surface area contributed by atoms with Gasteiger partial charge >= 0.3 is 11.9 Å². The maximum absolute atomic E-state index is 11.8. The van der Waals surface area contributed by atoms with Crippen LogP contribution >= 0.6 is 11.6 Å². The summed E-state index contributed by atoms with van der Waals surface area (Å²) in [5.41, 5.74) is 0.790. The van der Waals surface area contributed by atoms with Crippen molar-refractivity contribution in [1.82, 2.24) is 5.32 Å². The molecule has 7 nitrogen and oxygen atoms in total. The first-order valence-electron chi connectivity index (χ1n) is 8.01. The van der Waals surface area contributed by atoms with Crippen molar-refractivity contribution in [2.45, 2.75) is 38.6 Å². The first-order valence-corrected chi connectivity index (χ1v) is 8.39. The molecule has 2 rings (SSSR count). The molecule has 2 unspecified atom stereocenters. The zero-order chi connectivity index (χ0) is 18.2. The van der Waals surface area contributed by atoms with Crippen molar-refractivity contribution in [3.8, 4) is 0 Å². The van der Waals surface area contributed by atoms with Gasteiger partial charge in [-0.3, -0.25) is 9.59 Å². The monoisotopic (exact) mass is 369 g/mol. The molecule has 0 aliphatic carbocycles. The zero-order valence-electron chi connectivity index (χ0n) is 13.8. The SMILES string of the molecule is CCOC(=O)CCCNC(=O)C1OC1C(=O)OCc1ccc(Cl)cc1. The van der Waals surface area contributed by atoms with Crippen LogP contribution in [0.4, 0.5) is 0 Å². The Morgan fingerprint density at radius 1 is 1.16 bits per heavy atom. The van der Waals surface area contributed by atoms with E-state index in [9.17, 15) is 14.4 Å². The highest BCUT2D eigenvalue weighted by atomic mass is 35.5. The van der Waals surface area contributed by atoms with Gasteiger partial charge in [0.15, 0.2) is 12.2 Å². The second-order valence-corrected chi connectivity index (χ2v) is 5.85. The third-order valence-electron chi connectivity index (χ3n) is 3.44. The summed E-state index contributed by atoms with van der Waals surface area (Å²) in [4.78, 5) is 34.8. The summed E-state index contributed by atoms with van der Waals surface area (Å²) in [6.07, 6.45) is -1.02. The summed E-state index contributed by atoms with van der Waals surface area (Å²) in [5.74, 6) is -1.28. The molecule has 1 amide bonds. The third-order valence-corrected chi connectivity index (χ3v) is 3.69. The number of ether oxygens (including phenoxy) is 3. The maximum atomic E-state index is 11.8. The quantitative estimate of drug-likeness (QED) is 0.404. The number of carbonyl (C=O) groups excluding carboxylic acids is 3. The van der Waals surface area contributed by atoms with E-state index in [1.165, 1.54) is 0 Å². The van der Waals surface area contributed by atoms with E-state index in [2.05, 4.69) is 5.32 Å². The minimum absolute atomic E-state index is 0.0870.